The molecular weight excluding hydrogens is 617 g/mol. The predicted molar refractivity (Wildman–Crippen MR) is 172 cm³/mol. The third-order valence-corrected chi connectivity index (χ3v) is 10.1. The van der Waals surface area contributed by atoms with Gasteiger partial charge in [0.15, 0.2) is 0 Å². The highest BCUT2D eigenvalue weighted by Gasteiger charge is 2.44. The Balaban J connectivity index is 1.14. The molecule has 0 aliphatic heterocycles. The van der Waals surface area contributed by atoms with E-state index in [1.807, 2.05) is 6.07 Å². The van der Waals surface area contributed by atoms with Crippen LogP contribution in [0.2, 0.25) is 0 Å². The Bertz CT molecular complexity index is 1480. The minimum atomic E-state index is -4.63. The van der Waals surface area contributed by atoms with Crippen LogP contribution in [0.25, 0.3) is 17.2 Å². The number of rotatable bonds is 11. The lowest BCUT2D eigenvalue weighted by molar-refractivity contribution is -0.222. The van der Waals surface area contributed by atoms with Crippen molar-refractivity contribution in [3.8, 4) is 16.9 Å². The summed E-state index contributed by atoms with van der Waals surface area (Å²) in [6, 6.07) is 16.3. The van der Waals surface area contributed by atoms with E-state index in [2.05, 4.69) is 31.2 Å². The third-order valence-electron chi connectivity index (χ3n) is 10.1. The van der Waals surface area contributed by atoms with Gasteiger partial charge in [-0.3, -0.25) is 0 Å². The lowest BCUT2D eigenvalue weighted by Gasteiger charge is -2.33. The Morgan fingerprint density at radius 1 is 0.702 bits per heavy atom. The Hall–Kier alpha value is -3.29. The Kier molecular flexibility index (Phi) is 11.4. The van der Waals surface area contributed by atoms with Gasteiger partial charge in [0.1, 0.15) is 17.4 Å². The number of benzene rings is 3. The molecule has 8 heteroatoms. The molecular formula is C39H43F7O. The molecule has 2 aliphatic carbocycles. The topological polar surface area (TPSA) is 9.23 Å². The Morgan fingerprint density at radius 3 is 1.98 bits per heavy atom. The highest BCUT2D eigenvalue weighted by Crippen LogP contribution is 2.44. The largest absolute Gasteiger partial charge is 0.432 e. The maximum absolute atomic E-state index is 15.4. The van der Waals surface area contributed by atoms with Crippen LogP contribution in [-0.2, 0) is 0 Å². The molecule has 0 spiro atoms. The van der Waals surface area contributed by atoms with E-state index < -0.39 is 35.3 Å². The van der Waals surface area contributed by atoms with Crippen LogP contribution in [0.15, 0.2) is 66.7 Å². The molecule has 0 saturated heterocycles. The second kappa shape index (κ2) is 15.3. The summed E-state index contributed by atoms with van der Waals surface area (Å²) in [5.74, 6) is -1.87. The quantitative estimate of drug-likeness (QED) is 0.147. The molecule has 254 valence electrons. The lowest BCUT2D eigenvalue weighted by atomic mass is 9.77. The molecule has 0 unspecified atom stereocenters. The smallest absolute Gasteiger partial charge is 0.409 e. The van der Waals surface area contributed by atoms with Gasteiger partial charge >= 0.3 is 12.3 Å². The average Bonchev–Trinajstić information content (AvgIpc) is 3.04. The van der Waals surface area contributed by atoms with Crippen molar-refractivity contribution < 1.29 is 35.5 Å². The SMILES string of the molecule is CCCCCC1CCC(c2ccc(-c3ccc(C4CCC(C(F)(F)Oc5ccc(C=CC(F)(F)F)c(F)c5)CC4)c(F)c3)cc2)CC1. The summed E-state index contributed by atoms with van der Waals surface area (Å²) in [6.07, 6.45) is 3.27. The summed E-state index contributed by atoms with van der Waals surface area (Å²) in [7, 11) is 0. The molecule has 0 aromatic heterocycles. The molecule has 3 aromatic carbocycles. The first-order valence-corrected chi connectivity index (χ1v) is 16.9. The van der Waals surface area contributed by atoms with E-state index in [0.717, 1.165) is 29.2 Å². The van der Waals surface area contributed by atoms with E-state index in [1.54, 1.807) is 6.07 Å². The standard InChI is InChI=1S/C39H43F7O/c1-2-3-4-5-26-6-8-27(9-7-26)28-10-12-29(13-11-28)32-17-21-35(37(41)24-32)30-14-18-33(19-15-30)39(45,46)47-34-20-16-31(36(40)25-34)22-23-38(42,43)44/h10-13,16-17,20-27,30,33H,2-9,14-15,18-19H2,1H3. The molecule has 2 aliphatic rings. The first kappa shape index (κ1) is 35.0. The zero-order chi connectivity index (χ0) is 33.6. The lowest BCUT2D eigenvalue weighted by Crippen LogP contribution is -2.37. The molecule has 2 saturated carbocycles. The minimum Gasteiger partial charge on any atom is -0.432 e. The van der Waals surface area contributed by atoms with Crippen LogP contribution in [0, 0.1) is 23.5 Å². The second-order valence-electron chi connectivity index (χ2n) is 13.3. The van der Waals surface area contributed by atoms with Crippen LogP contribution in [0.4, 0.5) is 30.7 Å². The molecule has 47 heavy (non-hydrogen) atoms. The molecule has 0 atom stereocenters. The van der Waals surface area contributed by atoms with Crippen LogP contribution in [0.1, 0.15) is 112 Å². The number of halogens is 7. The van der Waals surface area contributed by atoms with Gasteiger partial charge in [-0.1, -0.05) is 69.0 Å². The molecule has 0 amide bonds. The number of alkyl halides is 5. The van der Waals surface area contributed by atoms with E-state index >= 15 is 13.2 Å². The summed E-state index contributed by atoms with van der Waals surface area (Å²) < 4.78 is 102. The van der Waals surface area contributed by atoms with Gasteiger partial charge in [-0.2, -0.15) is 22.0 Å². The van der Waals surface area contributed by atoms with E-state index in [1.165, 1.54) is 63.0 Å². The highest BCUT2D eigenvalue weighted by atomic mass is 19.4. The van der Waals surface area contributed by atoms with Gasteiger partial charge in [-0.05, 0) is 116 Å². The van der Waals surface area contributed by atoms with Crippen LogP contribution in [0.3, 0.4) is 0 Å². The monoisotopic (exact) mass is 660 g/mol. The van der Waals surface area contributed by atoms with Crippen molar-refractivity contribution >= 4 is 6.08 Å². The number of hydrogen-bond acceptors (Lipinski definition) is 1. The average molecular weight is 661 g/mol. The van der Waals surface area contributed by atoms with Crippen molar-refractivity contribution in [2.45, 2.75) is 108 Å². The van der Waals surface area contributed by atoms with Gasteiger partial charge in [0.05, 0.1) is 5.92 Å². The molecule has 0 heterocycles. The Morgan fingerprint density at radius 2 is 1.36 bits per heavy atom. The van der Waals surface area contributed by atoms with Gasteiger partial charge in [0.2, 0.25) is 0 Å². The summed E-state index contributed by atoms with van der Waals surface area (Å²) in [4.78, 5) is 0. The van der Waals surface area contributed by atoms with Gasteiger partial charge in [0, 0.05) is 17.7 Å². The number of ether oxygens (including phenoxy) is 1. The van der Waals surface area contributed by atoms with Crippen LogP contribution >= 0.6 is 0 Å². The van der Waals surface area contributed by atoms with Crippen molar-refractivity contribution in [2.75, 3.05) is 0 Å². The van der Waals surface area contributed by atoms with Gasteiger partial charge < -0.3 is 4.74 Å². The molecule has 5 rings (SSSR count). The van der Waals surface area contributed by atoms with Crippen molar-refractivity contribution in [2.24, 2.45) is 11.8 Å². The summed E-state index contributed by atoms with van der Waals surface area (Å²) in [5, 5.41) is 0. The fourth-order valence-electron chi connectivity index (χ4n) is 7.32. The maximum Gasteiger partial charge on any atom is 0.409 e. The minimum absolute atomic E-state index is 0.0792. The first-order chi connectivity index (χ1) is 22.4. The third kappa shape index (κ3) is 9.41. The van der Waals surface area contributed by atoms with Gasteiger partial charge in [-0.25, -0.2) is 8.78 Å². The Labute approximate surface area is 273 Å². The molecule has 2 fully saturated rings. The van der Waals surface area contributed by atoms with Crippen molar-refractivity contribution in [1.82, 2.24) is 0 Å². The maximum atomic E-state index is 15.4. The van der Waals surface area contributed by atoms with Crippen LogP contribution in [0.5, 0.6) is 5.75 Å². The van der Waals surface area contributed by atoms with Gasteiger partial charge in [-0.15, -0.1) is 0 Å². The number of allylic oxidation sites excluding steroid dienone is 1. The first-order valence-electron chi connectivity index (χ1n) is 16.9. The molecule has 0 bridgehead atoms. The summed E-state index contributed by atoms with van der Waals surface area (Å²) in [5.41, 5.74) is 3.17. The van der Waals surface area contributed by atoms with E-state index in [-0.39, 0.29) is 30.7 Å². The van der Waals surface area contributed by atoms with E-state index in [4.69, 9.17) is 4.74 Å². The molecule has 3 aromatic rings. The van der Waals surface area contributed by atoms with E-state index in [0.29, 0.717) is 36.5 Å². The van der Waals surface area contributed by atoms with Crippen molar-refractivity contribution in [1.29, 1.82) is 0 Å². The second-order valence-corrected chi connectivity index (χ2v) is 13.3. The van der Waals surface area contributed by atoms with Gasteiger partial charge in [0.25, 0.3) is 0 Å². The van der Waals surface area contributed by atoms with Crippen molar-refractivity contribution in [3.63, 3.8) is 0 Å². The number of hydrogen-bond donors (Lipinski definition) is 0. The summed E-state index contributed by atoms with van der Waals surface area (Å²) >= 11 is 0. The molecule has 0 radical (unpaired) electrons. The fourth-order valence-corrected chi connectivity index (χ4v) is 7.32. The van der Waals surface area contributed by atoms with Crippen LogP contribution in [-0.4, -0.2) is 12.3 Å². The highest BCUT2D eigenvalue weighted by molar-refractivity contribution is 5.64. The zero-order valence-corrected chi connectivity index (χ0v) is 26.8. The fraction of sp³-hybridized carbons (Fsp3) is 0.487. The van der Waals surface area contributed by atoms with Crippen LogP contribution < -0.4 is 4.74 Å². The zero-order valence-electron chi connectivity index (χ0n) is 26.8. The molecule has 1 nitrogen and oxygen atoms in total. The summed E-state index contributed by atoms with van der Waals surface area (Å²) in [6.45, 7) is 2.24. The molecule has 0 N–H and O–H groups in total. The number of unbranched alkanes of at least 4 members (excludes halogenated alkanes) is 2. The van der Waals surface area contributed by atoms with E-state index in [9.17, 15) is 17.6 Å². The predicted octanol–water partition coefficient (Wildman–Crippen LogP) is 13.0. The van der Waals surface area contributed by atoms with Crippen molar-refractivity contribution in [3.05, 3.63) is 95.1 Å². The normalized spacial score (nSPS) is 22.5.